The summed E-state index contributed by atoms with van der Waals surface area (Å²) in [5.74, 6) is 0. The molecule has 0 fully saturated rings. The second-order valence-electron chi connectivity index (χ2n) is 4.40. The van der Waals surface area contributed by atoms with Crippen molar-refractivity contribution in [3.05, 3.63) is 15.9 Å². The van der Waals surface area contributed by atoms with E-state index in [4.69, 9.17) is 4.74 Å². The lowest BCUT2D eigenvalue weighted by Gasteiger charge is -2.16. The number of nitrogens with zero attached hydrogens (tertiary/aromatic N) is 2. The summed E-state index contributed by atoms with van der Waals surface area (Å²) in [5.41, 5.74) is 0.982. The predicted molar refractivity (Wildman–Crippen MR) is 65.6 cm³/mol. The molecule has 0 unspecified atom stereocenters. The molecule has 0 spiro atoms. The monoisotopic (exact) mass is 288 g/mol. The number of hydrogen-bond acceptors (Lipinski definition) is 4. The highest BCUT2D eigenvalue weighted by molar-refractivity contribution is 9.10. The minimum absolute atomic E-state index is 0.363. The molecule has 1 N–H and O–H groups in total. The predicted octanol–water partition coefficient (Wildman–Crippen LogP) is 2.40. The molecule has 5 heteroatoms. The maximum atomic E-state index is 9.52. The molecule has 0 saturated carbocycles. The average Bonchev–Trinajstić information content (AvgIpc) is 2.12. The molecule has 0 bridgehead atoms. The van der Waals surface area contributed by atoms with Gasteiger partial charge in [0.2, 0.25) is 0 Å². The Balaban J connectivity index is 2.62. The van der Waals surface area contributed by atoms with Gasteiger partial charge in [0.25, 0.3) is 0 Å². The van der Waals surface area contributed by atoms with Crippen LogP contribution in [0.2, 0.25) is 0 Å². The van der Waals surface area contributed by atoms with E-state index in [1.54, 1.807) is 13.8 Å². The van der Waals surface area contributed by atoms with Crippen molar-refractivity contribution in [1.29, 1.82) is 0 Å². The first-order chi connectivity index (χ1) is 7.29. The fourth-order valence-electron chi connectivity index (χ4n) is 1.13. The van der Waals surface area contributed by atoms with Gasteiger partial charge in [-0.05, 0) is 43.6 Å². The van der Waals surface area contributed by atoms with Gasteiger partial charge in [0.15, 0.2) is 0 Å². The largest absolute Gasteiger partial charge is 0.463 e. The Morgan fingerprint density at radius 2 is 1.75 bits per heavy atom. The Kier molecular flexibility index (Phi) is 4.27. The Morgan fingerprint density at radius 1 is 1.25 bits per heavy atom. The summed E-state index contributed by atoms with van der Waals surface area (Å²) in [4.78, 5) is 8.38. The number of aliphatic hydroxyl groups is 1. The molecule has 0 amide bonds. The molecular formula is C11H17BrN2O2. The van der Waals surface area contributed by atoms with Crippen LogP contribution in [-0.4, -0.2) is 27.3 Å². The summed E-state index contributed by atoms with van der Waals surface area (Å²) in [7, 11) is 0. The minimum Gasteiger partial charge on any atom is -0.463 e. The standard InChI is InChI=1S/C11H17BrN2O2/c1-7-9(12)8(2)14-10(13-7)16-6-5-11(3,4)15/h15H,5-6H2,1-4H3. The number of halogens is 1. The summed E-state index contributed by atoms with van der Waals surface area (Å²) < 4.78 is 6.30. The van der Waals surface area contributed by atoms with Crippen LogP contribution in [0.15, 0.2) is 4.47 Å². The van der Waals surface area contributed by atoms with Gasteiger partial charge in [-0.25, -0.2) is 0 Å². The molecule has 0 radical (unpaired) electrons. The zero-order valence-electron chi connectivity index (χ0n) is 10.0. The van der Waals surface area contributed by atoms with Crippen LogP contribution in [0, 0.1) is 13.8 Å². The number of rotatable bonds is 4. The van der Waals surface area contributed by atoms with Crippen molar-refractivity contribution in [2.24, 2.45) is 0 Å². The van der Waals surface area contributed by atoms with Crippen LogP contribution in [0.25, 0.3) is 0 Å². The van der Waals surface area contributed by atoms with E-state index in [2.05, 4.69) is 25.9 Å². The van der Waals surface area contributed by atoms with Crippen molar-refractivity contribution in [2.75, 3.05) is 6.61 Å². The highest BCUT2D eigenvalue weighted by atomic mass is 79.9. The van der Waals surface area contributed by atoms with Gasteiger partial charge in [0.05, 0.1) is 28.1 Å². The highest BCUT2D eigenvalue weighted by Gasteiger charge is 2.13. The maximum absolute atomic E-state index is 9.52. The Hall–Kier alpha value is -0.680. The molecule has 0 saturated heterocycles. The van der Waals surface area contributed by atoms with E-state index in [1.807, 2.05) is 13.8 Å². The molecule has 1 rings (SSSR count). The quantitative estimate of drug-likeness (QED) is 0.924. The third-order valence-corrected chi connectivity index (χ3v) is 3.25. The van der Waals surface area contributed by atoms with Crippen LogP contribution in [-0.2, 0) is 0 Å². The van der Waals surface area contributed by atoms with Crippen molar-refractivity contribution in [3.63, 3.8) is 0 Å². The number of aromatic nitrogens is 2. The van der Waals surface area contributed by atoms with Crippen LogP contribution < -0.4 is 4.74 Å². The molecule has 0 atom stereocenters. The zero-order valence-corrected chi connectivity index (χ0v) is 11.6. The SMILES string of the molecule is Cc1nc(OCCC(C)(C)O)nc(C)c1Br. The van der Waals surface area contributed by atoms with Gasteiger partial charge >= 0.3 is 6.01 Å². The van der Waals surface area contributed by atoms with Gasteiger partial charge in [-0.2, -0.15) is 9.97 Å². The second-order valence-corrected chi connectivity index (χ2v) is 5.19. The van der Waals surface area contributed by atoms with Crippen LogP contribution in [0.4, 0.5) is 0 Å². The summed E-state index contributed by atoms with van der Waals surface area (Å²) in [6, 6.07) is 0.363. The van der Waals surface area contributed by atoms with Crippen LogP contribution >= 0.6 is 15.9 Å². The fraction of sp³-hybridized carbons (Fsp3) is 0.636. The van der Waals surface area contributed by atoms with Gasteiger partial charge in [0.1, 0.15) is 0 Å². The van der Waals surface area contributed by atoms with Crippen molar-refractivity contribution in [3.8, 4) is 6.01 Å². The van der Waals surface area contributed by atoms with Crippen molar-refractivity contribution in [1.82, 2.24) is 9.97 Å². The smallest absolute Gasteiger partial charge is 0.316 e. The highest BCUT2D eigenvalue weighted by Crippen LogP contribution is 2.20. The van der Waals surface area contributed by atoms with Crippen molar-refractivity contribution in [2.45, 2.75) is 39.7 Å². The summed E-state index contributed by atoms with van der Waals surface area (Å²) in [6.07, 6.45) is 0.546. The van der Waals surface area contributed by atoms with Gasteiger partial charge < -0.3 is 9.84 Å². The molecule has 4 nitrogen and oxygen atoms in total. The third-order valence-electron chi connectivity index (χ3n) is 2.11. The molecule has 0 aromatic carbocycles. The first-order valence-corrected chi connectivity index (χ1v) is 5.95. The van der Waals surface area contributed by atoms with E-state index in [1.165, 1.54) is 0 Å². The summed E-state index contributed by atoms with van der Waals surface area (Å²) in [5, 5.41) is 9.52. The van der Waals surface area contributed by atoms with Gasteiger partial charge in [-0.3, -0.25) is 0 Å². The third kappa shape index (κ3) is 4.06. The number of aryl methyl sites for hydroxylation is 2. The Bertz CT molecular complexity index is 352. The molecule has 1 heterocycles. The molecule has 1 aromatic heterocycles. The maximum Gasteiger partial charge on any atom is 0.316 e. The van der Waals surface area contributed by atoms with Gasteiger partial charge in [-0.15, -0.1) is 0 Å². The molecule has 0 aliphatic carbocycles. The normalized spacial score (nSPS) is 11.6. The van der Waals surface area contributed by atoms with E-state index in [0.717, 1.165) is 15.9 Å². The van der Waals surface area contributed by atoms with E-state index in [0.29, 0.717) is 19.0 Å². The average molecular weight is 289 g/mol. The zero-order chi connectivity index (χ0) is 12.3. The first kappa shape index (κ1) is 13.4. The summed E-state index contributed by atoms with van der Waals surface area (Å²) in [6.45, 7) is 7.68. The fourth-order valence-corrected chi connectivity index (χ4v) is 1.31. The Morgan fingerprint density at radius 3 is 2.19 bits per heavy atom. The second kappa shape index (κ2) is 5.10. The minimum atomic E-state index is -0.723. The molecular weight excluding hydrogens is 272 g/mol. The van der Waals surface area contributed by atoms with Gasteiger partial charge in [0, 0.05) is 6.42 Å². The van der Waals surface area contributed by atoms with E-state index in [9.17, 15) is 5.11 Å². The molecule has 1 aromatic rings. The Labute approximate surface area is 104 Å². The number of hydrogen-bond donors (Lipinski definition) is 1. The van der Waals surface area contributed by atoms with Crippen LogP contribution in [0.1, 0.15) is 31.7 Å². The molecule has 0 aliphatic rings. The first-order valence-electron chi connectivity index (χ1n) is 5.15. The van der Waals surface area contributed by atoms with E-state index in [-0.39, 0.29) is 0 Å². The summed E-state index contributed by atoms with van der Waals surface area (Å²) >= 11 is 3.39. The van der Waals surface area contributed by atoms with E-state index < -0.39 is 5.60 Å². The van der Waals surface area contributed by atoms with Gasteiger partial charge in [-0.1, -0.05) is 0 Å². The van der Waals surface area contributed by atoms with Crippen molar-refractivity contribution >= 4 is 15.9 Å². The topological polar surface area (TPSA) is 55.2 Å². The lowest BCUT2D eigenvalue weighted by atomic mass is 10.1. The lowest BCUT2D eigenvalue weighted by Crippen LogP contribution is -2.22. The lowest BCUT2D eigenvalue weighted by molar-refractivity contribution is 0.0539. The van der Waals surface area contributed by atoms with Crippen molar-refractivity contribution < 1.29 is 9.84 Å². The molecule has 90 valence electrons. The number of ether oxygens (including phenoxy) is 1. The molecule has 16 heavy (non-hydrogen) atoms. The van der Waals surface area contributed by atoms with Crippen LogP contribution in [0.3, 0.4) is 0 Å². The van der Waals surface area contributed by atoms with Crippen LogP contribution in [0.5, 0.6) is 6.01 Å². The molecule has 0 aliphatic heterocycles. The van der Waals surface area contributed by atoms with E-state index >= 15 is 0 Å².